The third-order valence-corrected chi connectivity index (χ3v) is 7.80. The Morgan fingerprint density at radius 3 is 2.58 bits per heavy atom. The number of fused-ring (bicyclic) bond motifs is 1. The lowest BCUT2D eigenvalue weighted by atomic mass is 9.99. The maximum atomic E-state index is 13.2. The van der Waals surface area contributed by atoms with Crippen LogP contribution in [0.3, 0.4) is 0 Å². The molecule has 1 unspecified atom stereocenters. The van der Waals surface area contributed by atoms with E-state index in [9.17, 15) is 13.2 Å². The molecule has 0 amide bonds. The molecular weight excluding hydrogens is 442 g/mol. The molecule has 2 aromatic heterocycles. The third-order valence-electron chi connectivity index (χ3n) is 5.93. The van der Waals surface area contributed by atoms with Gasteiger partial charge in [0.05, 0.1) is 23.9 Å². The van der Waals surface area contributed by atoms with Gasteiger partial charge in [0.1, 0.15) is 17.0 Å². The van der Waals surface area contributed by atoms with Gasteiger partial charge in [-0.3, -0.25) is 4.79 Å². The fourth-order valence-electron chi connectivity index (χ4n) is 4.17. The summed E-state index contributed by atoms with van der Waals surface area (Å²) >= 11 is 0. The number of aromatic nitrogens is 4. The minimum Gasteiger partial charge on any atom is -0.497 e. The molecule has 1 aliphatic rings. The maximum Gasteiger partial charge on any atom is 0.262 e. The molecule has 0 radical (unpaired) electrons. The number of nitrogens with zero attached hydrogens (tertiary/aromatic N) is 4. The zero-order valence-electron chi connectivity index (χ0n) is 18.0. The fraction of sp³-hybridized carbons (Fsp3) is 0.261. The van der Waals surface area contributed by atoms with E-state index in [-0.39, 0.29) is 22.9 Å². The molecule has 1 aliphatic heterocycles. The lowest BCUT2D eigenvalue weighted by molar-refractivity contribution is 0.309. The minimum atomic E-state index is -3.68. The van der Waals surface area contributed by atoms with Crippen LogP contribution in [0.4, 0.5) is 0 Å². The number of sulfonamides is 1. The predicted octanol–water partition coefficient (Wildman–Crippen LogP) is 2.69. The summed E-state index contributed by atoms with van der Waals surface area (Å²) in [6.45, 7) is 0.654. The van der Waals surface area contributed by atoms with Crippen LogP contribution in [-0.2, 0) is 10.0 Å². The van der Waals surface area contributed by atoms with Crippen molar-refractivity contribution < 1.29 is 13.2 Å². The number of aromatic amines is 1. The second-order valence-corrected chi connectivity index (χ2v) is 9.90. The van der Waals surface area contributed by atoms with Gasteiger partial charge < -0.3 is 9.72 Å². The molecule has 10 heteroatoms. The molecule has 170 valence electrons. The first-order chi connectivity index (χ1) is 16.0. The highest BCUT2D eigenvalue weighted by Crippen LogP contribution is 2.29. The summed E-state index contributed by atoms with van der Waals surface area (Å²) in [5.74, 6) is 0.832. The van der Waals surface area contributed by atoms with E-state index in [1.54, 1.807) is 28.9 Å². The Kier molecular flexibility index (Phi) is 5.47. The van der Waals surface area contributed by atoms with Gasteiger partial charge in [-0.1, -0.05) is 18.2 Å². The maximum absolute atomic E-state index is 13.2. The highest BCUT2D eigenvalue weighted by atomic mass is 32.2. The topological polar surface area (TPSA) is 110 Å². The Morgan fingerprint density at radius 2 is 1.85 bits per heavy atom. The number of nitrogens with one attached hydrogen (secondary N) is 1. The van der Waals surface area contributed by atoms with Crippen molar-refractivity contribution in [2.24, 2.45) is 0 Å². The number of hydrogen-bond donors (Lipinski definition) is 1. The van der Waals surface area contributed by atoms with E-state index in [2.05, 4.69) is 10.1 Å². The standard InChI is InChI=1S/C23H23N5O4S/c1-32-18-9-11-19(12-10-18)33(30,31)27-13-5-6-16(15-27)21-25-22-20(23(29)26-21)14-24-28(22)17-7-3-2-4-8-17/h2-4,7-12,14,16H,5-6,13,15H2,1H3,(H,25,26,29). The van der Waals surface area contributed by atoms with Crippen molar-refractivity contribution in [1.29, 1.82) is 0 Å². The highest BCUT2D eigenvalue weighted by molar-refractivity contribution is 7.89. The Bertz CT molecular complexity index is 1450. The molecule has 5 rings (SSSR count). The van der Waals surface area contributed by atoms with Gasteiger partial charge in [-0.2, -0.15) is 9.40 Å². The first-order valence-corrected chi connectivity index (χ1v) is 12.1. The van der Waals surface area contributed by atoms with Gasteiger partial charge in [0.2, 0.25) is 10.0 Å². The number of para-hydroxylation sites is 1. The summed E-state index contributed by atoms with van der Waals surface area (Å²) in [4.78, 5) is 20.5. The number of rotatable bonds is 5. The first kappa shape index (κ1) is 21.4. The first-order valence-electron chi connectivity index (χ1n) is 10.6. The number of ether oxygens (including phenoxy) is 1. The van der Waals surface area contributed by atoms with E-state index in [0.717, 1.165) is 12.1 Å². The van der Waals surface area contributed by atoms with Crippen molar-refractivity contribution in [3.05, 3.63) is 77.0 Å². The van der Waals surface area contributed by atoms with Gasteiger partial charge in [-0.15, -0.1) is 0 Å². The summed E-state index contributed by atoms with van der Waals surface area (Å²) in [6.07, 6.45) is 2.89. The van der Waals surface area contributed by atoms with Crippen LogP contribution in [0.2, 0.25) is 0 Å². The van der Waals surface area contributed by atoms with E-state index in [0.29, 0.717) is 35.6 Å². The molecule has 2 aromatic carbocycles. The Balaban J connectivity index is 1.48. The number of H-pyrrole nitrogens is 1. The van der Waals surface area contributed by atoms with E-state index in [1.165, 1.54) is 17.6 Å². The lowest BCUT2D eigenvalue weighted by Gasteiger charge is -2.31. The summed E-state index contributed by atoms with van der Waals surface area (Å²) in [5.41, 5.74) is 0.964. The Hall–Kier alpha value is -3.50. The molecule has 9 nitrogen and oxygen atoms in total. The quantitative estimate of drug-likeness (QED) is 0.485. The van der Waals surface area contributed by atoms with Crippen molar-refractivity contribution >= 4 is 21.1 Å². The monoisotopic (exact) mass is 465 g/mol. The molecule has 0 spiro atoms. The number of benzene rings is 2. The van der Waals surface area contributed by atoms with Crippen LogP contribution >= 0.6 is 0 Å². The molecule has 1 N–H and O–H groups in total. The fourth-order valence-corrected chi connectivity index (χ4v) is 5.69. The Morgan fingerprint density at radius 1 is 1.09 bits per heavy atom. The summed E-state index contributed by atoms with van der Waals surface area (Å²) in [5, 5.41) is 4.73. The van der Waals surface area contributed by atoms with Crippen molar-refractivity contribution in [2.75, 3.05) is 20.2 Å². The number of hydrogen-bond acceptors (Lipinski definition) is 6. The molecule has 0 saturated carbocycles. The third kappa shape index (κ3) is 3.91. The molecule has 1 saturated heterocycles. The van der Waals surface area contributed by atoms with Crippen molar-refractivity contribution in [3.63, 3.8) is 0 Å². The molecule has 0 bridgehead atoms. The highest BCUT2D eigenvalue weighted by Gasteiger charge is 2.32. The van der Waals surface area contributed by atoms with Gasteiger partial charge >= 0.3 is 0 Å². The SMILES string of the molecule is COc1ccc(S(=O)(=O)N2CCCC(c3nc4c(cnn4-c4ccccc4)c(=O)[nH]3)C2)cc1. The van der Waals surface area contributed by atoms with Crippen LogP contribution in [0.1, 0.15) is 24.6 Å². The lowest BCUT2D eigenvalue weighted by Crippen LogP contribution is -2.39. The van der Waals surface area contributed by atoms with Crippen molar-refractivity contribution in [3.8, 4) is 11.4 Å². The molecule has 1 fully saturated rings. The number of methoxy groups -OCH3 is 1. The predicted molar refractivity (Wildman–Crippen MR) is 123 cm³/mol. The van der Waals surface area contributed by atoms with Crippen LogP contribution in [-0.4, -0.2) is 52.7 Å². The zero-order valence-corrected chi connectivity index (χ0v) is 18.8. The van der Waals surface area contributed by atoms with Gasteiger partial charge in [0, 0.05) is 19.0 Å². The van der Waals surface area contributed by atoms with Crippen molar-refractivity contribution in [1.82, 2.24) is 24.1 Å². The molecular formula is C23H23N5O4S. The summed E-state index contributed by atoms with van der Waals surface area (Å²) < 4.78 is 34.7. The average Bonchev–Trinajstić information content (AvgIpc) is 3.29. The van der Waals surface area contributed by atoms with E-state index in [1.807, 2.05) is 30.3 Å². The van der Waals surface area contributed by atoms with E-state index >= 15 is 0 Å². The molecule has 1 atom stereocenters. The normalized spacial score (nSPS) is 17.3. The second-order valence-electron chi connectivity index (χ2n) is 7.96. The largest absolute Gasteiger partial charge is 0.497 e. The molecule has 3 heterocycles. The smallest absolute Gasteiger partial charge is 0.262 e. The average molecular weight is 466 g/mol. The summed E-state index contributed by atoms with van der Waals surface area (Å²) in [6, 6.07) is 15.8. The van der Waals surface area contributed by atoms with Crippen LogP contribution in [0.5, 0.6) is 5.75 Å². The van der Waals surface area contributed by atoms with Crippen molar-refractivity contribution in [2.45, 2.75) is 23.7 Å². The van der Waals surface area contributed by atoms with Gasteiger partial charge in [-0.05, 0) is 49.2 Å². The van der Waals surface area contributed by atoms with E-state index < -0.39 is 10.0 Å². The summed E-state index contributed by atoms with van der Waals surface area (Å²) in [7, 11) is -2.15. The molecule has 33 heavy (non-hydrogen) atoms. The van der Waals surface area contributed by atoms with E-state index in [4.69, 9.17) is 9.72 Å². The van der Waals surface area contributed by atoms with Gasteiger partial charge in [-0.25, -0.2) is 18.1 Å². The Labute approximate surface area is 190 Å². The van der Waals surface area contributed by atoms with Crippen LogP contribution in [0, 0.1) is 0 Å². The minimum absolute atomic E-state index is 0.211. The van der Waals surface area contributed by atoms with Crippen LogP contribution in [0.25, 0.3) is 16.7 Å². The molecule has 4 aromatic rings. The zero-order chi connectivity index (χ0) is 23.0. The van der Waals surface area contributed by atoms with Crippen LogP contribution in [0.15, 0.2) is 70.5 Å². The number of piperidine rings is 1. The second kappa shape index (κ2) is 8.45. The van der Waals surface area contributed by atoms with Gasteiger partial charge in [0.15, 0.2) is 5.65 Å². The van der Waals surface area contributed by atoms with Gasteiger partial charge in [0.25, 0.3) is 5.56 Å². The molecule has 0 aliphatic carbocycles. The van der Waals surface area contributed by atoms with Crippen LogP contribution < -0.4 is 10.3 Å².